The highest BCUT2D eigenvalue weighted by atomic mass is 35.5. The summed E-state index contributed by atoms with van der Waals surface area (Å²) in [6.45, 7) is 6.90. The van der Waals surface area contributed by atoms with Gasteiger partial charge in [0, 0.05) is 16.3 Å². The van der Waals surface area contributed by atoms with E-state index in [2.05, 4.69) is 14.9 Å². The lowest BCUT2D eigenvalue weighted by Gasteiger charge is -2.14. The van der Waals surface area contributed by atoms with E-state index in [1.54, 1.807) is 26.8 Å². The molecule has 2 rings (SSSR count). The fourth-order valence-corrected chi connectivity index (χ4v) is 4.18. The maximum atomic E-state index is 12.6. The SMILES string of the molecule is Cc1cc(Cl)c(C)c(S(=O)(=O)Nc2n[nH]c(C)c2C)c1Cl. The molecule has 0 bridgehead atoms. The molecule has 0 aliphatic carbocycles. The van der Waals surface area contributed by atoms with E-state index in [1.165, 1.54) is 0 Å². The third-order valence-corrected chi connectivity index (χ3v) is 5.84. The van der Waals surface area contributed by atoms with Crippen LogP contribution in [0.1, 0.15) is 22.4 Å². The van der Waals surface area contributed by atoms with Gasteiger partial charge in [-0.15, -0.1) is 0 Å². The molecular formula is C13H15Cl2N3O2S. The van der Waals surface area contributed by atoms with Crippen molar-refractivity contribution in [3.63, 3.8) is 0 Å². The first-order chi connectivity index (χ1) is 9.65. The number of hydrogen-bond donors (Lipinski definition) is 2. The molecule has 1 aromatic carbocycles. The number of halogens is 2. The molecule has 0 aliphatic rings. The fraction of sp³-hybridized carbons (Fsp3) is 0.308. The van der Waals surface area contributed by atoms with Crippen molar-refractivity contribution < 1.29 is 8.42 Å². The summed E-state index contributed by atoms with van der Waals surface area (Å²) in [6.07, 6.45) is 0. The smallest absolute Gasteiger partial charge is 0.264 e. The van der Waals surface area contributed by atoms with Crippen LogP contribution in [0.3, 0.4) is 0 Å². The number of nitrogens with one attached hydrogen (secondary N) is 2. The summed E-state index contributed by atoms with van der Waals surface area (Å²) < 4.78 is 27.6. The first kappa shape index (κ1) is 16.1. The van der Waals surface area contributed by atoms with Crippen molar-refractivity contribution in [2.24, 2.45) is 0 Å². The highest BCUT2D eigenvalue weighted by Crippen LogP contribution is 2.34. The summed E-state index contributed by atoms with van der Waals surface area (Å²) in [5.74, 6) is 0.251. The van der Waals surface area contributed by atoms with Gasteiger partial charge in [-0.05, 0) is 44.9 Å². The number of hydrogen-bond acceptors (Lipinski definition) is 3. The van der Waals surface area contributed by atoms with Crippen molar-refractivity contribution >= 4 is 39.0 Å². The number of aromatic nitrogens is 2. The van der Waals surface area contributed by atoms with E-state index in [-0.39, 0.29) is 15.7 Å². The molecule has 1 aromatic heterocycles. The van der Waals surface area contributed by atoms with E-state index in [0.29, 0.717) is 16.1 Å². The second-order valence-electron chi connectivity index (χ2n) is 4.87. The van der Waals surface area contributed by atoms with E-state index in [9.17, 15) is 8.42 Å². The van der Waals surface area contributed by atoms with E-state index in [0.717, 1.165) is 11.3 Å². The van der Waals surface area contributed by atoms with Crippen LogP contribution in [0.2, 0.25) is 10.0 Å². The molecule has 0 saturated carbocycles. The number of H-pyrrole nitrogens is 1. The van der Waals surface area contributed by atoms with Crippen molar-refractivity contribution in [2.75, 3.05) is 4.72 Å². The molecule has 114 valence electrons. The molecule has 21 heavy (non-hydrogen) atoms. The molecule has 5 nitrogen and oxygen atoms in total. The second-order valence-corrected chi connectivity index (χ2v) is 7.28. The molecule has 1 heterocycles. The zero-order valence-electron chi connectivity index (χ0n) is 12.0. The number of sulfonamides is 1. The summed E-state index contributed by atoms with van der Waals surface area (Å²) in [5.41, 5.74) is 2.52. The van der Waals surface area contributed by atoms with E-state index >= 15 is 0 Å². The number of aromatic amines is 1. The van der Waals surface area contributed by atoms with E-state index in [4.69, 9.17) is 23.2 Å². The molecule has 2 N–H and O–H groups in total. The van der Waals surface area contributed by atoms with Crippen LogP contribution < -0.4 is 4.72 Å². The van der Waals surface area contributed by atoms with Crippen molar-refractivity contribution in [3.05, 3.63) is 38.5 Å². The van der Waals surface area contributed by atoms with Gasteiger partial charge in [-0.25, -0.2) is 8.42 Å². The van der Waals surface area contributed by atoms with Crippen molar-refractivity contribution in [1.29, 1.82) is 0 Å². The summed E-state index contributed by atoms with van der Waals surface area (Å²) >= 11 is 12.2. The lowest BCUT2D eigenvalue weighted by atomic mass is 10.2. The molecule has 0 spiro atoms. The van der Waals surface area contributed by atoms with Gasteiger partial charge in [0.05, 0.1) is 5.02 Å². The number of aryl methyl sites for hydroxylation is 2. The van der Waals surface area contributed by atoms with Crippen molar-refractivity contribution in [1.82, 2.24) is 10.2 Å². The van der Waals surface area contributed by atoms with Crippen LogP contribution in [0.15, 0.2) is 11.0 Å². The van der Waals surface area contributed by atoms with E-state index < -0.39 is 10.0 Å². The van der Waals surface area contributed by atoms with Crippen LogP contribution in [-0.4, -0.2) is 18.6 Å². The number of nitrogens with zero attached hydrogens (tertiary/aromatic N) is 1. The summed E-state index contributed by atoms with van der Waals surface area (Å²) in [4.78, 5) is -0.0192. The topological polar surface area (TPSA) is 74.8 Å². The van der Waals surface area contributed by atoms with Gasteiger partial charge in [-0.3, -0.25) is 9.82 Å². The summed E-state index contributed by atoms with van der Waals surface area (Å²) in [5, 5.41) is 7.18. The third-order valence-electron chi connectivity index (χ3n) is 3.34. The lowest BCUT2D eigenvalue weighted by Crippen LogP contribution is -2.16. The Bertz CT molecular complexity index is 787. The monoisotopic (exact) mass is 347 g/mol. The Morgan fingerprint density at radius 2 is 1.76 bits per heavy atom. The molecule has 0 amide bonds. The predicted octanol–water partition coefficient (Wildman–Crippen LogP) is 3.75. The van der Waals surface area contributed by atoms with Gasteiger partial charge in [-0.1, -0.05) is 23.2 Å². The Hall–Kier alpha value is -1.24. The van der Waals surface area contributed by atoms with Crippen molar-refractivity contribution in [2.45, 2.75) is 32.6 Å². The Balaban J connectivity index is 2.58. The molecule has 8 heteroatoms. The number of anilines is 1. The first-order valence-corrected chi connectivity index (χ1v) is 8.38. The van der Waals surface area contributed by atoms with Gasteiger partial charge >= 0.3 is 0 Å². The van der Waals surface area contributed by atoms with Gasteiger partial charge in [-0.2, -0.15) is 5.10 Å². The minimum atomic E-state index is -3.88. The van der Waals surface area contributed by atoms with Crippen molar-refractivity contribution in [3.8, 4) is 0 Å². The quantitative estimate of drug-likeness (QED) is 0.887. The van der Waals surface area contributed by atoms with Crippen LogP contribution in [0.25, 0.3) is 0 Å². The Labute approximate surface area is 133 Å². The molecule has 0 atom stereocenters. The first-order valence-electron chi connectivity index (χ1n) is 6.14. The average Bonchev–Trinajstić information content (AvgIpc) is 2.68. The van der Waals surface area contributed by atoms with Gasteiger partial charge in [0.15, 0.2) is 5.82 Å². The van der Waals surface area contributed by atoms with Gasteiger partial charge in [0.25, 0.3) is 10.0 Å². The zero-order chi connectivity index (χ0) is 15.9. The molecule has 0 fully saturated rings. The fourth-order valence-electron chi connectivity index (χ4n) is 1.90. The van der Waals surface area contributed by atoms with Gasteiger partial charge < -0.3 is 0 Å². The standard InChI is InChI=1S/C13H15Cl2N3O2S/c1-6-5-10(14)8(3)12(11(6)15)21(19,20)18-13-7(2)9(4)16-17-13/h5H,1-4H3,(H2,16,17,18). The minimum Gasteiger partial charge on any atom is -0.280 e. The number of rotatable bonds is 3. The van der Waals surface area contributed by atoms with Crippen LogP contribution in [0.5, 0.6) is 0 Å². The highest BCUT2D eigenvalue weighted by molar-refractivity contribution is 7.92. The van der Waals surface area contributed by atoms with E-state index in [1.807, 2.05) is 6.92 Å². The third kappa shape index (κ3) is 2.88. The Morgan fingerprint density at radius 1 is 1.14 bits per heavy atom. The minimum absolute atomic E-state index is 0.0192. The molecule has 0 radical (unpaired) electrons. The maximum Gasteiger partial charge on any atom is 0.264 e. The molecule has 0 saturated heterocycles. The van der Waals surface area contributed by atoms with Gasteiger partial charge in [0.1, 0.15) is 4.90 Å². The average molecular weight is 348 g/mol. The summed E-state index contributed by atoms with van der Waals surface area (Å²) in [6, 6.07) is 1.64. The Morgan fingerprint density at radius 3 is 2.29 bits per heavy atom. The highest BCUT2D eigenvalue weighted by Gasteiger charge is 2.25. The lowest BCUT2D eigenvalue weighted by molar-refractivity contribution is 0.600. The van der Waals surface area contributed by atoms with Crippen LogP contribution >= 0.6 is 23.2 Å². The second kappa shape index (κ2) is 5.51. The van der Waals surface area contributed by atoms with Crippen LogP contribution in [0.4, 0.5) is 5.82 Å². The maximum absolute atomic E-state index is 12.6. The molecular weight excluding hydrogens is 333 g/mol. The van der Waals surface area contributed by atoms with Crippen LogP contribution in [-0.2, 0) is 10.0 Å². The predicted molar refractivity (Wildman–Crippen MR) is 84.8 cm³/mol. The molecule has 0 aliphatic heterocycles. The molecule has 2 aromatic rings. The van der Waals surface area contributed by atoms with Crippen LogP contribution in [0, 0.1) is 27.7 Å². The number of benzene rings is 1. The Kier molecular flexibility index (Phi) is 4.24. The zero-order valence-corrected chi connectivity index (χ0v) is 14.3. The normalized spacial score (nSPS) is 11.7. The largest absolute Gasteiger partial charge is 0.280 e. The molecule has 0 unspecified atom stereocenters. The van der Waals surface area contributed by atoms with Gasteiger partial charge in [0.2, 0.25) is 0 Å². The summed E-state index contributed by atoms with van der Waals surface area (Å²) in [7, 11) is -3.88.